The molecule has 3 N–H and O–H groups in total. The highest BCUT2D eigenvalue weighted by Gasteiger charge is 2.43. The van der Waals surface area contributed by atoms with Crippen LogP contribution in [-0.4, -0.2) is 54.0 Å². The van der Waals surface area contributed by atoms with Crippen LogP contribution in [0.1, 0.15) is 12.8 Å². The largest absolute Gasteiger partial charge is 0.368 e. The van der Waals surface area contributed by atoms with E-state index in [0.717, 1.165) is 50.5 Å². The van der Waals surface area contributed by atoms with Crippen molar-refractivity contribution >= 4 is 17.7 Å². The summed E-state index contributed by atoms with van der Waals surface area (Å²) in [6, 6.07) is 0. The van der Waals surface area contributed by atoms with Gasteiger partial charge in [-0.25, -0.2) is 0 Å². The highest BCUT2D eigenvalue weighted by Crippen LogP contribution is 2.32. The maximum absolute atomic E-state index is 11.7. The molecular weight excluding hydrogens is 210 g/mol. The standard InChI is InChI=1S/C10H19N3OS/c11-9(14)10(1-7-15-8-2-10)13-5-3-12-4-6-13/h12H,1-8H2,(H2,11,14). The molecule has 0 aromatic carbocycles. The number of primary amides is 1. The number of nitrogens with zero attached hydrogens (tertiary/aromatic N) is 1. The van der Waals surface area contributed by atoms with Crippen LogP contribution in [0.3, 0.4) is 0 Å². The van der Waals surface area contributed by atoms with Gasteiger partial charge in [0.15, 0.2) is 0 Å². The lowest BCUT2D eigenvalue weighted by Crippen LogP contribution is -2.63. The Morgan fingerprint density at radius 3 is 2.40 bits per heavy atom. The lowest BCUT2D eigenvalue weighted by Gasteiger charge is -2.45. The Morgan fingerprint density at radius 1 is 1.27 bits per heavy atom. The maximum atomic E-state index is 11.7. The highest BCUT2D eigenvalue weighted by molar-refractivity contribution is 7.99. The molecule has 0 aromatic heterocycles. The first-order valence-corrected chi connectivity index (χ1v) is 6.75. The Labute approximate surface area is 94.9 Å². The summed E-state index contributed by atoms with van der Waals surface area (Å²) in [6.07, 6.45) is 1.85. The van der Waals surface area contributed by atoms with Crippen molar-refractivity contribution in [3.05, 3.63) is 0 Å². The van der Waals surface area contributed by atoms with Gasteiger partial charge in [0.2, 0.25) is 5.91 Å². The molecule has 5 heteroatoms. The molecule has 2 fully saturated rings. The molecule has 2 aliphatic heterocycles. The molecule has 0 bridgehead atoms. The number of hydrogen-bond donors (Lipinski definition) is 2. The Kier molecular flexibility index (Phi) is 3.53. The zero-order chi connectivity index (χ0) is 10.7. The van der Waals surface area contributed by atoms with E-state index in [1.807, 2.05) is 11.8 Å². The van der Waals surface area contributed by atoms with Crippen molar-refractivity contribution < 1.29 is 4.79 Å². The van der Waals surface area contributed by atoms with Gasteiger partial charge in [-0.05, 0) is 24.3 Å². The number of piperazine rings is 1. The number of hydrogen-bond acceptors (Lipinski definition) is 4. The van der Waals surface area contributed by atoms with Crippen molar-refractivity contribution in [2.24, 2.45) is 5.73 Å². The summed E-state index contributed by atoms with van der Waals surface area (Å²) in [5.74, 6) is 2.00. The summed E-state index contributed by atoms with van der Waals surface area (Å²) in [4.78, 5) is 14.0. The number of amides is 1. The van der Waals surface area contributed by atoms with Gasteiger partial charge in [-0.2, -0.15) is 11.8 Å². The number of carbonyl (C=O) groups is 1. The van der Waals surface area contributed by atoms with Crippen LogP contribution < -0.4 is 11.1 Å². The molecule has 2 rings (SSSR count). The normalized spacial score (nSPS) is 27.5. The van der Waals surface area contributed by atoms with Gasteiger partial charge in [-0.1, -0.05) is 0 Å². The minimum atomic E-state index is -0.340. The Morgan fingerprint density at radius 2 is 1.87 bits per heavy atom. The monoisotopic (exact) mass is 229 g/mol. The van der Waals surface area contributed by atoms with Gasteiger partial charge in [0.05, 0.1) is 0 Å². The number of carbonyl (C=O) groups excluding carboxylic acids is 1. The van der Waals surface area contributed by atoms with Crippen molar-refractivity contribution in [1.29, 1.82) is 0 Å². The van der Waals surface area contributed by atoms with E-state index in [2.05, 4.69) is 10.2 Å². The second-order valence-electron chi connectivity index (χ2n) is 4.25. The molecule has 1 amide bonds. The lowest BCUT2D eigenvalue weighted by molar-refractivity contribution is -0.131. The Balaban J connectivity index is 2.12. The number of nitrogens with two attached hydrogens (primary N) is 1. The van der Waals surface area contributed by atoms with Gasteiger partial charge in [-0.15, -0.1) is 0 Å². The van der Waals surface area contributed by atoms with Crippen LogP contribution in [-0.2, 0) is 4.79 Å². The summed E-state index contributed by atoms with van der Waals surface area (Å²) < 4.78 is 0. The van der Waals surface area contributed by atoms with Gasteiger partial charge in [-0.3, -0.25) is 9.69 Å². The highest BCUT2D eigenvalue weighted by atomic mass is 32.2. The molecule has 0 saturated carbocycles. The fraction of sp³-hybridized carbons (Fsp3) is 0.900. The average Bonchev–Trinajstić information content (AvgIpc) is 2.31. The van der Waals surface area contributed by atoms with E-state index in [1.54, 1.807) is 0 Å². The molecule has 15 heavy (non-hydrogen) atoms. The summed E-state index contributed by atoms with van der Waals surface area (Å²) in [6.45, 7) is 3.85. The first kappa shape index (κ1) is 11.2. The van der Waals surface area contributed by atoms with Gasteiger partial charge < -0.3 is 11.1 Å². The molecule has 0 aromatic rings. The Bertz CT molecular complexity index is 235. The molecule has 0 radical (unpaired) electrons. The van der Waals surface area contributed by atoms with E-state index in [0.29, 0.717) is 0 Å². The van der Waals surface area contributed by atoms with E-state index < -0.39 is 0 Å². The third kappa shape index (κ3) is 2.14. The minimum absolute atomic E-state index is 0.121. The number of nitrogens with one attached hydrogen (secondary N) is 1. The topological polar surface area (TPSA) is 58.4 Å². The van der Waals surface area contributed by atoms with Gasteiger partial charge in [0, 0.05) is 26.2 Å². The summed E-state index contributed by atoms with van der Waals surface area (Å²) in [5, 5.41) is 3.31. The lowest BCUT2D eigenvalue weighted by atomic mass is 9.88. The van der Waals surface area contributed by atoms with Crippen LogP contribution in [0.5, 0.6) is 0 Å². The van der Waals surface area contributed by atoms with E-state index in [1.165, 1.54) is 0 Å². The van der Waals surface area contributed by atoms with Gasteiger partial charge in [0.1, 0.15) is 5.54 Å². The molecule has 4 nitrogen and oxygen atoms in total. The molecule has 0 atom stereocenters. The second-order valence-corrected chi connectivity index (χ2v) is 5.47. The summed E-state index contributed by atoms with van der Waals surface area (Å²) >= 11 is 1.93. The van der Waals surface area contributed by atoms with Crippen LogP contribution in [0.4, 0.5) is 0 Å². The fourth-order valence-corrected chi connectivity index (χ4v) is 3.69. The van der Waals surface area contributed by atoms with E-state index in [9.17, 15) is 4.79 Å². The zero-order valence-electron chi connectivity index (χ0n) is 9.00. The quantitative estimate of drug-likeness (QED) is 0.679. The molecule has 0 spiro atoms. The van der Waals surface area contributed by atoms with Gasteiger partial charge >= 0.3 is 0 Å². The first-order chi connectivity index (χ1) is 7.26. The third-order valence-electron chi connectivity index (χ3n) is 3.50. The van der Waals surface area contributed by atoms with E-state index in [4.69, 9.17) is 5.73 Å². The number of rotatable bonds is 2. The molecule has 2 aliphatic rings. The van der Waals surface area contributed by atoms with Gasteiger partial charge in [0.25, 0.3) is 0 Å². The van der Waals surface area contributed by atoms with E-state index in [-0.39, 0.29) is 11.4 Å². The van der Waals surface area contributed by atoms with Crippen LogP contribution in [0.25, 0.3) is 0 Å². The van der Waals surface area contributed by atoms with Crippen molar-refractivity contribution in [3.63, 3.8) is 0 Å². The van der Waals surface area contributed by atoms with Crippen molar-refractivity contribution in [2.75, 3.05) is 37.7 Å². The van der Waals surface area contributed by atoms with Crippen LogP contribution in [0.2, 0.25) is 0 Å². The first-order valence-electron chi connectivity index (χ1n) is 5.59. The molecule has 0 aliphatic carbocycles. The van der Waals surface area contributed by atoms with Crippen molar-refractivity contribution in [3.8, 4) is 0 Å². The predicted octanol–water partition coefficient (Wildman–Crippen LogP) is -0.357. The smallest absolute Gasteiger partial charge is 0.238 e. The average molecular weight is 229 g/mol. The summed E-state index contributed by atoms with van der Waals surface area (Å²) in [7, 11) is 0. The predicted molar refractivity (Wildman–Crippen MR) is 62.9 cm³/mol. The molecule has 2 heterocycles. The molecule has 2 saturated heterocycles. The van der Waals surface area contributed by atoms with Crippen LogP contribution >= 0.6 is 11.8 Å². The summed E-state index contributed by atoms with van der Waals surface area (Å²) in [5.41, 5.74) is 5.28. The van der Waals surface area contributed by atoms with Crippen molar-refractivity contribution in [1.82, 2.24) is 10.2 Å². The fourth-order valence-electron chi connectivity index (χ4n) is 2.52. The molecular formula is C10H19N3OS. The van der Waals surface area contributed by atoms with Crippen LogP contribution in [0.15, 0.2) is 0 Å². The zero-order valence-corrected chi connectivity index (χ0v) is 9.81. The maximum Gasteiger partial charge on any atom is 0.238 e. The van der Waals surface area contributed by atoms with Crippen molar-refractivity contribution in [2.45, 2.75) is 18.4 Å². The second kappa shape index (κ2) is 4.72. The SMILES string of the molecule is NC(=O)C1(N2CCNCC2)CCSCC1. The van der Waals surface area contributed by atoms with Crippen LogP contribution in [0, 0.1) is 0 Å². The van der Waals surface area contributed by atoms with E-state index >= 15 is 0 Å². The third-order valence-corrected chi connectivity index (χ3v) is 4.49. The Hall–Kier alpha value is -0.260. The molecule has 86 valence electrons. The molecule has 0 unspecified atom stereocenters. The minimum Gasteiger partial charge on any atom is -0.368 e. The number of thioether (sulfide) groups is 1.